The average molecular weight is 364 g/mol. The van der Waals surface area contributed by atoms with E-state index in [-0.39, 0.29) is 11.2 Å². The van der Waals surface area contributed by atoms with E-state index < -0.39 is 9.84 Å². The van der Waals surface area contributed by atoms with Crippen molar-refractivity contribution in [3.63, 3.8) is 0 Å². The van der Waals surface area contributed by atoms with Gasteiger partial charge in [-0.05, 0) is 43.2 Å². The molecule has 25 heavy (non-hydrogen) atoms. The van der Waals surface area contributed by atoms with Crippen molar-refractivity contribution in [1.29, 1.82) is 0 Å². The fraction of sp³-hybridized carbons (Fsp3) is 0.632. The predicted molar refractivity (Wildman–Crippen MR) is 103 cm³/mol. The van der Waals surface area contributed by atoms with Gasteiger partial charge in [-0.25, -0.2) is 8.42 Å². The lowest BCUT2D eigenvalue weighted by Crippen LogP contribution is -2.53. The summed E-state index contributed by atoms with van der Waals surface area (Å²) in [5.41, 5.74) is 3.22. The molecular weight excluding hydrogens is 334 g/mol. The average Bonchev–Trinajstić information content (AvgIpc) is 2.58. The second-order valence-corrected chi connectivity index (χ2v) is 9.68. The van der Waals surface area contributed by atoms with Gasteiger partial charge in [0, 0.05) is 38.4 Å². The van der Waals surface area contributed by atoms with E-state index in [1.165, 1.54) is 43.1 Å². The number of aliphatic imine (C=N–C) groups is 1. The standard InChI is InChI=1S/C19H29N3O2S/c1-20-18(21-12-14-25(2,23)24)22-13-6-11-19(15-22)10-5-8-16-7-3-4-9-17(16)19/h3-4,7,9H,5-6,8,10-15H2,1-2H3,(H,20,21). The van der Waals surface area contributed by atoms with Crippen molar-refractivity contribution in [3.05, 3.63) is 35.4 Å². The molecule has 6 heteroatoms. The van der Waals surface area contributed by atoms with Gasteiger partial charge in [0.2, 0.25) is 0 Å². The molecule has 2 aliphatic rings. The molecule has 0 aromatic heterocycles. The van der Waals surface area contributed by atoms with Crippen LogP contribution in [-0.2, 0) is 21.7 Å². The molecule has 138 valence electrons. The number of hydrogen-bond donors (Lipinski definition) is 1. The molecule has 0 bridgehead atoms. The molecule has 0 amide bonds. The zero-order valence-electron chi connectivity index (χ0n) is 15.3. The first-order valence-electron chi connectivity index (χ1n) is 9.15. The highest BCUT2D eigenvalue weighted by Crippen LogP contribution is 2.43. The summed E-state index contributed by atoms with van der Waals surface area (Å²) in [5.74, 6) is 0.958. The number of sulfone groups is 1. The summed E-state index contributed by atoms with van der Waals surface area (Å²) in [5, 5.41) is 3.24. The number of aryl methyl sites for hydroxylation is 1. The zero-order valence-corrected chi connectivity index (χ0v) is 16.1. The monoisotopic (exact) mass is 363 g/mol. The van der Waals surface area contributed by atoms with Crippen molar-refractivity contribution in [2.45, 2.75) is 37.5 Å². The first-order chi connectivity index (χ1) is 11.9. The third-order valence-electron chi connectivity index (χ3n) is 5.53. The van der Waals surface area contributed by atoms with Crippen molar-refractivity contribution < 1.29 is 8.42 Å². The molecular formula is C19H29N3O2S. The molecule has 0 saturated carbocycles. The molecule has 0 radical (unpaired) electrons. The molecule has 1 N–H and O–H groups in total. The maximum absolute atomic E-state index is 11.4. The molecule has 5 nitrogen and oxygen atoms in total. The van der Waals surface area contributed by atoms with E-state index in [4.69, 9.17) is 0 Å². The van der Waals surface area contributed by atoms with Gasteiger partial charge in [-0.15, -0.1) is 0 Å². The lowest BCUT2D eigenvalue weighted by molar-refractivity contribution is 0.189. The molecule has 1 atom stereocenters. The highest BCUT2D eigenvalue weighted by atomic mass is 32.2. The summed E-state index contributed by atoms with van der Waals surface area (Å²) in [4.78, 5) is 6.72. The van der Waals surface area contributed by atoms with Gasteiger partial charge in [-0.2, -0.15) is 0 Å². The van der Waals surface area contributed by atoms with Crippen molar-refractivity contribution >= 4 is 15.8 Å². The van der Waals surface area contributed by atoms with Crippen molar-refractivity contribution in [2.75, 3.05) is 38.7 Å². The number of hydrogen-bond acceptors (Lipinski definition) is 3. The van der Waals surface area contributed by atoms with Crippen LogP contribution in [0.5, 0.6) is 0 Å². The van der Waals surface area contributed by atoms with E-state index in [1.54, 1.807) is 7.05 Å². The van der Waals surface area contributed by atoms with Gasteiger partial charge in [0.15, 0.2) is 5.96 Å². The summed E-state index contributed by atoms with van der Waals surface area (Å²) in [6.45, 7) is 2.34. The summed E-state index contributed by atoms with van der Waals surface area (Å²) in [7, 11) is -1.19. The number of benzene rings is 1. The van der Waals surface area contributed by atoms with Gasteiger partial charge >= 0.3 is 0 Å². The molecule has 1 spiro atoms. The predicted octanol–water partition coefficient (Wildman–Crippen LogP) is 1.98. The fourth-order valence-electron chi connectivity index (χ4n) is 4.42. The van der Waals surface area contributed by atoms with Gasteiger partial charge in [0.1, 0.15) is 9.84 Å². The SMILES string of the molecule is CN=C(NCCS(C)(=O)=O)N1CCCC2(CCCc3ccccc32)C1. The maximum Gasteiger partial charge on any atom is 0.193 e. The number of fused-ring (bicyclic) bond motifs is 2. The summed E-state index contributed by atoms with van der Waals surface area (Å²) < 4.78 is 22.7. The van der Waals surface area contributed by atoms with E-state index >= 15 is 0 Å². The third-order valence-corrected chi connectivity index (χ3v) is 6.48. The number of nitrogens with zero attached hydrogens (tertiary/aromatic N) is 2. The molecule has 1 aromatic carbocycles. The zero-order chi connectivity index (χ0) is 17.9. The minimum Gasteiger partial charge on any atom is -0.355 e. The molecule has 1 heterocycles. The molecule has 1 fully saturated rings. The second kappa shape index (κ2) is 7.36. The van der Waals surface area contributed by atoms with Crippen LogP contribution in [0.3, 0.4) is 0 Å². The van der Waals surface area contributed by atoms with Gasteiger partial charge in [-0.1, -0.05) is 24.3 Å². The lowest BCUT2D eigenvalue weighted by atomic mass is 9.66. The van der Waals surface area contributed by atoms with Crippen LogP contribution in [0.4, 0.5) is 0 Å². The summed E-state index contributed by atoms with van der Waals surface area (Å²) in [6, 6.07) is 8.88. The van der Waals surface area contributed by atoms with E-state index in [0.29, 0.717) is 6.54 Å². The van der Waals surface area contributed by atoms with Crippen LogP contribution in [-0.4, -0.2) is 58.0 Å². The quantitative estimate of drug-likeness (QED) is 0.659. The van der Waals surface area contributed by atoms with Gasteiger partial charge < -0.3 is 10.2 Å². The number of piperidine rings is 1. The minimum absolute atomic E-state index is 0.133. The molecule has 1 aliphatic carbocycles. The normalized spacial score (nSPS) is 24.2. The van der Waals surface area contributed by atoms with Gasteiger partial charge in [-0.3, -0.25) is 4.99 Å². The van der Waals surface area contributed by atoms with Crippen LogP contribution in [0.15, 0.2) is 29.3 Å². The van der Waals surface area contributed by atoms with Crippen LogP contribution in [0.2, 0.25) is 0 Å². The Morgan fingerprint density at radius 2 is 2.04 bits per heavy atom. The van der Waals surface area contributed by atoms with Crippen LogP contribution in [0.1, 0.15) is 36.8 Å². The van der Waals surface area contributed by atoms with Crippen LogP contribution in [0, 0.1) is 0 Å². The molecule has 1 aromatic rings. The number of rotatable bonds is 3. The smallest absolute Gasteiger partial charge is 0.193 e. The Balaban J connectivity index is 1.75. The molecule has 1 unspecified atom stereocenters. The fourth-order valence-corrected chi connectivity index (χ4v) is 4.90. The van der Waals surface area contributed by atoms with Crippen molar-refractivity contribution in [2.24, 2.45) is 4.99 Å². The van der Waals surface area contributed by atoms with Gasteiger partial charge in [0.25, 0.3) is 0 Å². The minimum atomic E-state index is -2.96. The van der Waals surface area contributed by atoms with Crippen LogP contribution < -0.4 is 5.32 Å². The van der Waals surface area contributed by atoms with E-state index in [9.17, 15) is 8.42 Å². The van der Waals surface area contributed by atoms with Crippen LogP contribution in [0.25, 0.3) is 0 Å². The summed E-state index contributed by atoms with van der Waals surface area (Å²) >= 11 is 0. The molecule has 1 aliphatic heterocycles. The number of likely N-dealkylation sites (tertiary alicyclic amines) is 1. The first-order valence-corrected chi connectivity index (χ1v) is 11.2. The molecule has 1 saturated heterocycles. The van der Waals surface area contributed by atoms with Gasteiger partial charge in [0.05, 0.1) is 5.75 Å². The lowest BCUT2D eigenvalue weighted by Gasteiger charge is -2.47. The highest BCUT2D eigenvalue weighted by molar-refractivity contribution is 7.90. The highest BCUT2D eigenvalue weighted by Gasteiger charge is 2.40. The maximum atomic E-state index is 11.4. The second-order valence-electron chi connectivity index (χ2n) is 7.42. The number of guanidine groups is 1. The Morgan fingerprint density at radius 1 is 1.28 bits per heavy atom. The Kier molecular flexibility index (Phi) is 5.37. The van der Waals surface area contributed by atoms with E-state index in [2.05, 4.69) is 39.5 Å². The Morgan fingerprint density at radius 3 is 2.80 bits per heavy atom. The van der Waals surface area contributed by atoms with Crippen molar-refractivity contribution in [3.8, 4) is 0 Å². The molecule has 3 rings (SSSR count). The first kappa shape index (κ1) is 18.2. The van der Waals surface area contributed by atoms with E-state index in [1.807, 2.05) is 0 Å². The Hall–Kier alpha value is -1.56. The number of nitrogens with one attached hydrogen (secondary N) is 1. The van der Waals surface area contributed by atoms with Crippen molar-refractivity contribution in [1.82, 2.24) is 10.2 Å². The third kappa shape index (κ3) is 4.17. The van der Waals surface area contributed by atoms with E-state index in [0.717, 1.165) is 25.5 Å². The summed E-state index contributed by atoms with van der Waals surface area (Å²) in [6.07, 6.45) is 7.28. The Bertz CT molecular complexity index is 745. The van der Waals surface area contributed by atoms with Crippen LogP contribution >= 0.6 is 0 Å². The largest absolute Gasteiger partial charge is 0.355 e. The topological polar surface area (TPSA) is 61.8 Å². The Labute approximate surface area is 151 Å².